The number of nitrogens with zero attached hydrogens (tertiary/aromatic N) is 4. The second kappa shape index (κ2) is 6.15. The fraction of sp³-hybridized carbons (Fsp3) is 0.286. The van der Waals surface area contributed by atoms with Crippen molar-refractivity contribution in [2.45, 2.75) is 0 Å². The van der Waals surface area contributed by atoms with E-state index in [9.17, 15) is 0 Å². The highest BCUT2D eigenvalue weighted by atomic mass is 35.5. The van der Waals surface area contributed by atoms with E-state index in [1.165, 1.54) is 12.0 Å². The first-order valence-electron chi connectivity index (χ1n) is 6.80. The van der Waals surface area contributed by atoms with Crippen molar-refractivity contribution in [3.05, 3.63) is 41.7 Å². The molecule has 7 heteroatoms. The molecule has 0 spiro atoms. The smallest absolute Gasteiger partial charge is 0.145 e. The third-order valence-corrected chi connectivity index (χ3v) is 3.85. The minimum atomic E-state index is 0.625. The molecule has 1 aromatic heterocycles. The van der Waals surface area contributed by atoms with Crippen molar-refractivity contribution in [3.63, 3.8) is 0 Å². The second-order valence-corrected chi connectivity index (χ2v) is 5.29. The molecule has 0 bridgehead atoms. The Morgan fingerprint density at radius 2 is 1.67 bits per heavy atom. The van der Waals surface area contributed by atoms with E-state index >= 15 is 0 Å². The largest absolute Gasteiger partial charge is 0.368 e. The topological polar surface area (TPSA) is 70.3 Å². The number of aromatic nitrogens is 2. The number of halogens is 1. The number of hydrogen-bond donors (Lipinski definition) is 2. The zero-order chi connectivity index (χ0) is 14.7. The quantitative estimate of drug-likeness (QED) is 0.665. The van der Waals surface area contributed by atoms with Gasteiger partial charge in [-0.05, 0) is 24.3 Å². The van der Waals surface area contributed by atoms with Crippen LogP contribution in [0.4, 0.5) is 17.3 Å². The van der Waals surface area contributed by atoms with Crippen molar-refractivity contribution in [3.8, 4) is 0 Å². The van der Waals surface area contributed by atoms with Crippen LogP contribution in [-0.4, -0.2) is 36.1 Å². The number of nitrogens with one attached hydrogen (secondary N) is 1. The number of nitrogen functional groups attached to an aromatic ring is 1. The summed E-state index contributed by atoms with van der Waals surface area (Å²) in [5.74, 6) is 6.90. The fourth-order valence-corrected chi connectivity index (χ4v) is 2.57. The molecule has 21 heavy (non-hydrogen) atoms. The summed E-state index contributed by atoms with van der Waals surface area (Å²) in [6.07, 6.45) is 1.52. The predicted molar refractivity (Wildman–Crippen MR) is 85.7 cm³/mol. The second-order valence-electron chi connectivity index (χ2n) is 4.86. The van der Waals surface area contributed by atoms with Gasteiger partial charge in [-0.25, -0.2) is 15.8 Å². The first-order valence-corrected chi connectivity index (χ1v) is 7.18. The van der Waals surface area contributed by atoms with E-state index in [1.807, 2.05) is 18.2 Å². The summed E-state index contributed by atoms with van der Waals surface area (Å²) in [6.45, 7) is 3.70. The minimum absolute atomic E-state index is 0.625. The molecule has 0 atom stereocenters. The Kier molecular flexibility index (Phi) is 4.08. The Morgan fingerprint density at radius 1 is 1.00 bits per heavy atom. The number of nitrogens with two attached hydrogens (primary N) is 1. The standard InChI is InChI=1S/C14H17ClN6/c15-11-1-3-12(4-2-11)20-5-7-21(8-6-20)14-9-13(19-16)17-10-18-14/h1-4,9-10H,5-8,16H2,(H,17,18,19). The maximum atomic E-state index is 5.93. The lowest BCUT2D eigenvalue weighted by atomic mass is 10.2. The van der Waals surface area contributed by atoms with Crippen molar-refractivity contribution in [2.24, 2.45) is 5.84 Å². The van der Waals surface area contributed by atoms with Gasteiger partial charge in [-0.15, -0.1) is 0 Å². The van der Waals surface area contributed by atoms with E-state index in [1.54, 1.807) is 0 Å². The van der Waals surface area contributed by atoms with Gasteiger partial charge in [0.1, 0.15) is 18.0 Å². The van der Waals surface area contributed by atoms with Crippen LogP contribution in [-0.2, 0) is 0 Å². The van der Waals surface area contributed by atoms with Gasteiger partial charge in [0.25, 0.3) is 0 Å². The van der Waals surface area contributed by atoms with Gasteiger partial charge in [-0.1, -0.05) is 11.6 Å². The molecule has 1 aliphatic heterocycles. The van der Waals surface area contributed by atoms with Gasteiger partial charge >= 0.3 is 0 Å². The van der Waals surface area contributed by atoms with Gasteiger partial charge in [0, 0.05) is 43.0 Å². The van der Waals surface area contributed by atoms with Crippen LogP contribution < -0.4 is 21.1 Å². The van der Waals surface area contributed by atoms with Crippen LogP contribution in [0, 0.1) is 0 Å². The minimum Gasteiger partial charge on any atom is -0.368 e. The lowest BCUT2D eigenvalue weighted by Gasteiger charge is -2.36. The van der Waals surface area contributed by atoms with E-state index < -0.39 is 0 Å². The van der Waals surface area contributed by atoms with Crippen molar-refractivity contribution in [2.75, 3.05) is 41.4 Å². The lowest BCUT2D eigenvalue weighted by Crippen LogP contribution is -2.46. The van der Waals surface area contributed by atoms with E-state index in [2.05, 4.69) is 37.3 Å². The molecular weight excluding hydrogens is 288 g/mol. The Hall–Kier alpha value is -2.05. The molecule has 1 aromatic carbocycles. The molecule has 0 aliphatic carbocycles. The third-order valence-electron chi connectivity index (χ3n) is 3.60. The summed E-state index contributed by atoms with van der Waals surface area (Å²) >= 11 is 5.93. The highest BCUT2D eigenvalue weighted by Crippen LogP contribution is 2.21. The van der Waals surface area contributed by atoms with Gasteiger partial charge in [0.05, 0.1) is 0 Å². The number of hydrazine groups is 1. The Labute approximate surface area is 128 Å². The van der Waals surface area contributed by atoms with Crippen LogP contribution in [0.3, 0.4) is 0 Å². The normalized spacial score (nSPS) is 15.1. The molecule has 3 N–H and O–H groups in total. The molecule has 0 radical (unpaired) electrons. The molecule has 1 saturated heterocycles. The van der Waals surface area contributed by atoms with Crippen molar-refractivity contribution in [1.82, 2.24) is 9.97 Å². The Morgan fingerprint density at radius 3 is 2.33 bits per heavy atom. The average Bonchev–Trinajstić information content (AvgIpc) is 2.56. The van der Waals surface area contributed by atoms with E-state index in [0.717, 1.165) is 37.0 Å². The molecule has 6 nitrogen and oxygen atoms in total. The zero-order valence-electron chi connectivity index (χ0n) is 11.5. The van der Waals surface area contributed by atoms with Crippen LogP contribution in [0.15, 0.2) is 36.7 Å². The van der Waals surface area contributed by atoms with Crippen LogP contribution in [0.25, 0.3) is 0 Å². The molecule has 0 amide bonds. The van der Waals surface area contributed by atoms with Gasteiger partial charge in [-0.3, -0.25) is 0 Å². The Bertz CT molecular complexity index is 595. The zero-order valence-corrected chi connectivity index (χ0v) is 12.3. The molecule has 110 valence electrons. The fourth-order valence-electron chi connectivity index (χ4n) is 2.44. The van der Waals surface area contributed by atoms with Crippen LogP contribution in [0.1, 0.15) is 0 Å². The Balaban J connectivity index is 1.65. The first-order chi connectivity index (χ1) is 10.3. The summed E-state index contributed by atoms with van der Waals surface area (Å²) in [7, 11) is 0. The van der Waals surface area contributed by atoms with Gasteiger partial charge < -0.3 is 15.2 Å². The van der Waals surface area contributed by atoms with E-state index in [-0.39, 0.29) is 0 Å². The number of hydrogen-bond acceptors (Lipinski definition) is 6. The van der Waals surface area contributed by atoms with E-state index in [4.69, 9.17) is 17.4 Å². The number of rotatable bonds is 3. The first kappa shape index (κ1) is 13.9. The number of piperazine rings is 1. The summed E-state index contributed by atoms with van der Waals surface area (Å²) in [5.41, 5.74) is 3.75. The third kappa shape index (κ3) is 3.17. The summed E-state index contributed by atoms with van der Waals surface area (Å²) < 4.78 is 0. The molecule has 1 fully saturated rings. The van der Waals surface area contributed by atoms with E-state index in [0.29, 0.717) is 5.82 Å². The summed E-state index contributed by atoms with van der Waals surface area (Å²) in [6, 6.07) is 9.82. The molecular formula is C14H17ClN6. The molecule has 0 unspecified atom stereocenters. The maximum absolute atomic E-state index is 5.93. The molecule has 3 rings (SSSR count). The van der Waals surface area contributed by atoms with Crippen LogP contribution in [0.2, 0.25) is 5.02 Å². The lowest BCUT2D eigenvalue weighted by molar-refractivity contribution is 0.647. The molecule has 1 aliphatic rings. The van der Waals surface area contributed by atoms with Gasteiger partial charge in [0.2, 0.25) is 0 Å². The number of anilines is 3. The average molecular weight is 305 g/mol. The highest BCUT2D eigenvalue weighted by Gasteiger charge is 2.18. The van der Waals surface area contributed by atoms with Crippen molar-refractivity contribution >= 4 is 28.9 Å². The highest BCUT2D eigenvalue weighted by molar-refractivity contribution is 6.30. The monoisotopic (exact) mass is 304 g/mol. The summed E-state index contributed by atoms with van der Waals surface area (Å²) in [5, 5.41) is 0.764. The maximum Gasteiger partial charge on any atom is 0.145 e. The molecule has 2 heterocycles. The van der Waals surface area contributed by atoms with Crippen molar-refractivity contribution < 1.29 is 0 Å². The van der Waals surface area contributed by atoms with Crippen LogP contribution in [0.5, 0.6) is 0 Å². The van der Waals surface area contributed by atoms with Crippen molar-refractivity contribution in [1.29, 1.82) is 0 Å². The predicted octanol–water partition coefficient (Wildman–Crippen LogP) is 1.74. The van der Waals surface area contributed by atoms with Crippen LogP contribution >= 0.6 is 11.6 Å². The summed E-state index contributed by atoms with van der Waals surface area (Å²) in [4.78, 5) is 12.9. The van der Waals surface area contributed by atoms with Gasteiger partial charge in [-0.2, -0.15) is 0 Å². The van der Waals surface area contributed by atoms with Gasteiger partial charge in [0.15, 0.2) is 0 Å². The number of benzene rings is 1. The molecule has 0 saturated carbocycles. The SMILES string of the molecule is NNc1cc(N2CCN(c3ccc(Cl)cc3)CC2)ncn1. The molecule has 2 aromatic rings.